The Morgan fingerprint density at radius 2 is 2.31 bits per heavy atom. The fourth-order valence-electron chi connectivity index (χ4n) is 1.55. The van der Waals surface area contributed by atoms with Crippen molar-refractivity contribution in [2.45, 2.75) is 51.7 Å². The van der Waals surface area contributed by atoms with Crippen molar-refractivity contribution < 1.29 is 9.47 Å². The Labute approximate surface area is 80.9 Å². The normalized spacial score (nSPS) is 19.4. The van der Waals surface area contributed by atoms with E-state index in [4.69, 9.17) is 9.47 Å². The summed E-state index contributed by atoms with van der Waals surface area (Å²) in [5.41, 5.74) is 0. The van der Waals surface area contributed by atoms with Crippen LogP contribution in [-0.2, 0) is 9.47 Å². The van der Waals surface area contributed by atoms with E-state index in [0.29, 0.717) is 0 Å². The van der Waals surface area contributed by atoms with Crippen molar-refractivity contribution in [2.24, 2.45) is 0 Å². The summed E-state index contributed by atoms with van der Waals surface area (Å²) in [7, 11) is 1.71. The maximum Gasteiger partial charge on any atom is 0.199 e. The van der Waals surface area contributed by atoms with Crippen molar-refractivity contribution in [3.8, 4) is 0 Å². The average Bonchev–Trinajstić information content (AvgIpc) is 2.19. The zero-order chi connectivity index (χ0) is 9.52. The second-order valence-corrected chi connectivity index (χ2v) is 3.49. The molecule has 0 amide bonds. The van der Waals surface area contributed by atoms with Crippen LogP contribution in [-0.4, -0.2) is 13.4 Å². The van der Waals surface area contributed by atoms with E-state index in [9.17, 15) is 0 Å². The molecule has 2 nitrogen and oxygen atoms in total. The molecule has 0 aromatic heterocycles. The Morgan fingerprint density at radius 3 is 2.85 bits per heavy atom. The molecule has 0 aliphatic heterocycles. The summed E-state index contributed by atoms with van der Waals surface area (Å²) in [6.07, 6.45) is 9.06. The second kappa shape index (κ2) is 6.03. The number of hydrogen-bond donors (Lipinski definition) is 0. The molecule has 0 fully saturated rings. The lowest BCUT2D eigenvalue weighted by atomic mass is 10.1. The third-order valence-electron chi connectivity index (χ3n) is 2.32. The van der Waals surface area contributed by atoms with Gasteiger partial charge in [-0.25, -0.2) is 0 Å². The molecule has 1 rings (SSSR count). The minimum Gasteiger partial charge on any atom is -0.470 e. The number of hydrogen-bond acceptors (Lipinski definition) is 2. The average molecular weight is 184 g/mol. The van der Waals surface area contributed by atoms with Gasteiger partial charge in [0.05, 0.1) is 5.76 Å². The molecule has 0 aromatic carbocycles. The molecule has 0 heterocycles. The summed E-state index contributed by atoms with van der Waals surface area (Å²) in [5, 5.41) is 0. The third-order valence-corrected chi connectivity index (χ3v) is 2.32. The van der Waals surface area contributed by atoms with Gasteiger partial charge < -0.3 is 9.47 Å². The van der Waals surface area contributed by atoms with Crippen molar-refractivity contribution >= 4 is 0 Å². The van der Waals surface area contributed by atoms with E-state index in [-0.39, 0.29) is 6.29 Å². The van der Waals surface area contributed by atoms with Crippen molar-refractivity contribution in [2.75, 3.05) is 7.11 Å². The van der Waals surface area contributed by atoms with Crippen LogP contribution in [0.15, 0.2) is 11.8 Å². The van der Waals surface area contributed by atoms with Crippen LogP contribution in [0.4, 0.5) is 0 Å². The first kappa shape index (κ1) is 10.6. The molecule has 0 bridgehead atoms. The summed E-state index contributed by atoms with van der Waals surface area (Å²) in [5.74, 6) is 1.13. The van der Waals surface area contributed by atoms with Gasteiger partial charge in [-0.05, 0) is 25.3 Å². The van der Waals surface area contributed by atoms with Gasteiger partial charge >= 0.3 is 0 Å². The standard InChI is InChI=1S/C11H20O2/c1-3-7-11(12-2)13-10-8-5-4-6-9-10/h8,11H,3-7,9H2,1-2H3. The van der Waals surface area contributed by atoms with Gasteiger partial charge in [-0.15, -0.1) is 0 Å². The maximum absolute atomic E-state index is 5.72. The molecule has 1 aliphatic carbocycles. The topological polar surface area (TPSA) is 18.5 Å². The van der Waals surface area contributed by atoms with Crippen LogP contribution >= 0.6 is 0 Å². The van der Waals surface area contributed by atoms with Crippen molar-refractivity contribution in [3.63, 3.8) is 0 Å². The van der Waals surface area contributed by atoms with E-state index >= 15 is 0 Å². The van der Waals surface area contributed by atoms with E-state index in [2.05, 4.69) is 13.0 Å². The Hall–Kier alpha value is -0.500. The Kier molecular flexibility index (Phi) is 4.91. The van der Waals surface area contributed by atoms with Gasteiger partial charge in [0.1, 0.15) is 0 Å². The first-order valence-electron chi connectivity index (χ1n) is 5.25. The fraction of sp³-hybridized carbons (Fsp3) is 0.818. The molecule has 0 aromatic rings. The van der Waals surface area contributed by atoms with Gasteiger partial charge in [0.25, 0.3) is 0 Å². The molecule has 13 heavy (non-hydrogen) atoms. The monoisotopic (exact) mass is 184 g/mol. The first-order valence-corrected chi connectivity index (χ1v) is 5.25. The third kappa shape index (κ3) is 3.81. The van der Waals surface area contributed by atoms with Gasteiger partial charge in [-0.1, -0.05) is 13.3 Å². The van der Waals surface area contributed by atoms with Gasteiger partial charge in [-0.2, -0.15) is 0 Å². The quantitative estimate of drug-likeness (QED) is 0.611. The molecule has 2 heteroatoms. The number of methoxy groups -OCH3 is 1. The summed E-state index contributed by atoms with van der Waals surface area (Å²) < 4.78 is 11.0. The van der Waals surface area contributed by atoms with Gasteiger partial charge in [0.15, 0.2) is 6.29 Å². The van der Waals surface area contributed by atoms with Crippen LogP contribution in [0.3, 0.4) is 0 Å². The Morgan fingerprint density at radius 1 is 1.46 bits per heavy atom. The molecule has 1 aliphatic rings. The van der Waals surface area contributed by atoms with Crippen LogP contribution in [0, 0.1) is 0 Å². The van der Waals surface area contributed by atoms with Gasteiger partial charge in [-0.3, -0.25) is 0 Å². The number of ether oxygens (including phenoxy) is 2. The van der Waals surface area contributed by atoms with E-state index in [1.54, 1.807) is 7.11 Å². The molecule has 76 valence electrons. The fourth-order valence-corrected chi connectivity index (χ4v) is 1.55. The predicted octanol–water partition coefficient (Wildman–Crippen LogP) is 3.23. The molecule has 0 radical (unpaired) electrons. The highest BCUT2D eigenvalue weighted by Crippen LogP contribution is 2.20. The smallest absolute Gasteiger partial charge is 0.199 e. The van der Waals surface area contributed by atoms with E-state index in [1.165, 1.54) is 12.8 Å². The molecule has 0 spiro atoms. The minimum atomic E-state index is -0.0330. The van der Waals surface area contributed by atoms with E-state index in [0.717, 1.165) is 31.4 Å². The lowest BCUT2D eigenvalue weighted by molar-refractivity contribution is -0.101. The highest BCUT2D eigenvalue weighted by molar-refractivity contribution is 4.96. The molecular weight excluding hydrogens is 164 g/mol. The molecule has 1 atom stereocenters. The SMILES string of the molecule is CCCC(OC)OC1=CCCCC1. The zero-order valence-corrected chi connectivity index (χ0v) is 8.71. The summed E-state index contributed by atoms with van der Waals surface area (Å²) in [6, 6.07) is 0. The summed E-state index contributed by atoms with van der Waals surface area (Å²) in [6.45, 7) is 2.14. The first-order chi connectivity index (χ1) is 6.36. The van der Waals surface area contributed by atoms with Crippen LogP contribution in [0.1, 0.15) is 45.4 Å². The minimum absolute atomic E-state index is 0.0330. The van der Waals surface area contributed by atoms with Crippen LogP contribution < -0.4 is 0 Å². The predicted molar refractivity (Wildman–Crippen MR) is 53.3 cm³/mol. The van der Waals surface area contributed by atoms with Crippen LogP contribution in [0.5, 0.6) is 0 Å². The van der Waals surface area contributed by atoms with Crippen molar-refractivity contribution in [1.29, 1.82) is 0 Å². The molecule has 1 unspecified atom stereocenters. The lowest BCUT2D eigenvalue weighted by Crippen LogP contribution is -2.15. The largest absolute Gasteiger partial charge is 0.470 e. The molecule has 0 saturated carbocycles. The number of allylic oxidation sites excluding steroid dienone is 2. The van der Waals surface area contributed by atoms with E-state index < -0.39 is 0 Å². The highest BCUT2D eigenvalue weighted by atomic mass is 16.7. The number of rotatable bonds is 5. The summed E-state index contributed by atoms with van der Waals surface area (Å²) in [4.78, 5) is 0. The maximum atomic E-state index is 5.72. The molecular formula is C11H20O2. The Balaban J connectivity index is 2.31. The molecule has 0 saturated heterocycles. The van der Waals surface area contributed by atoms with Crippen molar-refractivity contribution in [1.82, 2.24) is 0 Å². The Bertz CT molecular complexity index is 163. The van der Waals surface area contributed by atoms with Gasteiger partial charge in [0.2, 0.25) is 0 Å². The van der Waals surface area contributed by atoms with E-state index in [1.807, 2.05) is 0 Å². The molecule has 0 N–H and O–H groups in total. The second-order valence-electron chi connectivity index (χ2n) is 3.49. The zero-order valence-electron chi connectivity index (χ0n) is 8.71. The lowest BCUT2D eigenvalue weighted by Gasteiger charge is -2.21. The van der Waals surface area contributed by atoms with Crippen LogP contribution in [0.25, 0.3) is 0 Å². The highest BCUT2D eigenvalue weighted by Gasteiger charge is 2.11. The summed E-state index contributed by atoms with van der Waals surface area (Å²) >= 11 is 0. The van der Waals surface area contributed by atoms with Gasteiger partial charge in [0, 0.05) is 20.0 Å². The van der Waals surface area contributed by atoms with Crippen LogP contribution in [0.2, 0.25) is 0 Å². The van der Waals surface area contributed by atoms with Crippen molar-refractivity contribution in [3.05, 3.63) is 11.8 Å².